The monoisotopic (exact) mass is 215 g/mol. The van der Waals surface area contributed by atoms with Crippen molar-refractivity contribution in [1.82, 2.24) is 0 Å². The fourth-order valence-corrected chi connectivity index (χ4v) is 1.76. The SMILES string of the molecule is NCCCCCCCCCCCC(N)N. The summed E-state index contributed by atoms with van der Waals surface area (Å²) in [6, 6.07) is 0. The van der Waals surface area contributed by atoms with Gasteiger partial charge in [-0.25, -0.2) is 0 Å². The van der Waals surface area contributed by atoms with Crippen molar-refractivity contribution in [3.8, 4) is 0 Å². The molecule has 0 aromatic carbocycles. The van der Waals surface area contributed by atoms with Crippen molar-refractivity contribution in [3.63, 3.8) is 0 Å². The van der Waals surface area contributed by atoms with E-state index in [1.165, 1.54) is 57.8 Å². The second-order valence-electron chi connectivity index (χ2n) is 4.42. The van der Waals surface area contributed by atoms with E-state index in [2.05, 4.69) is 0 Å². The van der Waals surface area contributed by atoms with Gasteiger partial charge in [-0.15, -0.1) is 0 Å². The third kappa shape index (κ3) is 13.9. The maximum Gasteiger partial charge on any atom is 0.0520 e. The summed E-state index contributed by atoms with van der Waals surface area (Å²) in [6.07, 6.45) is 12.6. The van der Waals surface area contributed by atoms with Crippen molar-refractivity contribution in [2.45, 2.75) is 70.4 Å². The number of nitrogens with two attached hydrogens (primary N) is 3. The van der Waals surface area contributed by atoms with E-state index in [0.717, 1.165) is 13.0 Å². The predicted molar refractivity (Wildman–Crippen MR) is 67.4 cm³/mol. The van der Waals surface area contributed by atoms with Crippen LogP contribution in [0.1, 0.15) is 64.2 Å². The number of rotatable bonds is 11. The Hall–Kier alpha value is -0.120. The van der Waals surface area contributed by atoms with E-state index >= 15 is 0 Å². The van der Waals surface area contributed by atoms with E-state index in [0.29, 0.717) is 0 Å². The Bertz CT molecular complexity index is 115. The molecule has 0 aromatic rings. The molecule has 0 atom stereocenters. The quantitative estimate of drug-likeness (QED) is 0.365. The standard InChI is InChI=1S/C12H29N3/c13-11-9-7-5-3-1-2-4-6-8-10-12(14)15/h12H,1-11,13-15H2. The van der Waals surface area contributed by atoms with Crippen LogP contribution >= 0.6 is 0 Å². The van der Waals surface area contributed by atoms with E-state index in [1.807, 2.05) is 0 Å². The lowest BCUT2D eigenvalue weighted by Crippen LogP contribution is -2.29. The van der Waals surface area contributed by atoms with Gasteiger partial charge in [0.15, 0.2) is 0 Å². The summed E-state index contributed by atoms with van der Waals surface area (Å²) in [5.74, 6) is 0. The van der Waals surface area contributed by atoms with Crippen molar-refractivity contribution >= 4 is 0 Å². The fraction of sp³-hybridized carbons (Fsp3) is 1.00. The van der Waals surface area contributed by atoms with Gasteiger partial charge in [-0.1, -0.05) is 51.4 Å². The van der Waals surface area contributed by atoms with E-state index < -0.39 is 0 Å². The summed E-state index contributed by atoms with van der Waals surface area (Å²) < 4.78 is 0. The highest BCUT2D eigenvalue weighted by Gasteiger charge is 1.95. The molecule has 0 aliphatic rings. The zero-order chi connectivity index (χ0) is 11.4. The lowest BCUT2D eigenvalue weighted by atomic mass is 10.1. The molecule has 15 heavy (non-hydrogen) atoms. The second-order valence-corrected chi connectivity index (χ2v) is 4.42. The molecular formula is C12H29N3. The molecule has 0 saturated heterocycles. The van der Waals surface area contributed by atoms with Crippen LogP contribution in [0.25, 0.3) is 0 Å². The third-order valence-corrected chi connectivity index (χ3v) is 2.74. The average molecular weight is 215 g/mol. The van der Waals surface area contributed by atoms with Crippen LogP contribution in [0.15, 0.2) is 0 Å². The molecule has 0 fully saturated rings. The molecular weight excluding hydrogens is 186 g/mol. The minimum Gasteiger partial charge on any atom is -0.330 e. The van der Waals surface area contributed by atoms with Crippen LogP contribution in [-0.2, 0) is 0 Å². The molecule has 0 spiro atoms. The van der Waals surface area contributed by atoms with E-state index in [4.69, 9.17) is 17.2 Å². The molecule has 0 saturated carbocycles. The molecule has 92 valence electrons. The normalized spacial score (nSPS) is 11.2. The summed E-state index contributed by atoms with van der Waals surface area (Å²) >= 11 is 0. The Kier molecular flexibility index (Phi) is 11.9. The zero-order valence-corrected chi connectivity index (χ0v) is 10.1. The minimum atomic E-state index is -0.110. The van der Waals surface area contributed by atoms with Crippen molar-refractivity contribution in [3.05, 3.63) is 0 Å². The summed E-state index contributed by atoms with van der Waals surface area (Å²) in [4.78, 5) is 0. The number of hydrogen-bond donors (Lipinski definition) is 3. The fourth-order valence-electron chi connectivity index (χ4n) is 1.76. The summed E-state index contributed by atoms with van der Waals surface area (Å²) in [6.45, 7) is 0.847. The van der Waals surface area contributed by atoms with Gasteiger partial charge in [-0.05, 0) is 19.4 Å². The van der Waals surface area contributed by atoms with Gasteiger partial charge < -0.3 is 17.2 Å². The first kappa shape index (κ1) is 14.9. The van der Waals surface area contributed by atoms with Gasteiger partial charge in [-0.2, -0.15) is 0 Å². The number of unbranched alkanes of at least 4 members (excludes halogenated alkanes) is 8. The lowest BCUT2D eigenvalue weighted by molar-refractivity contribution is 0.528. The van der Waals surface area contributed by atoms with Crippen LogP contribution < -0.4 is 17.2 Å². The molecule has 3 heteroatoms. The van der Waals surface area contributed by atoms with Gasteiger partial charge >= 0.3 is 0 Å². The third-order valence-electron chi connectivity index (χ3n) is 2.74. The van der Waals surface area contributed by atoms with Gasteiger partial charge in [-0.3, -0.25) is 0 Å². The van der Waals surface area contributed by atoms with Gasteiger partial charge in [0, 0.05) is 0 Å². The number of hydrogen-bond acceptors (Lipinski definition) is 3. The van der Waals surface area contributed by atoms with E-state index in [1.54, 1.807) is 0 Å². The molecule has 0 radical (unpaired) electrons. The van der Waals surface area contributed by atoms with Crippen LogP contribution in [0.4, 0.5) is 0 Å². The molecule has 0 aliphatic heterocycles. The highest BCUT2D eigenvalue weighted by molar-refractivity contribution is 4.52. The molecule has 0 heterocycles. The molecule has 0 bridgehead atoms. The second kappa shape index (κ2) is 12.0. The summed E-state index contributed by atoms with van der Waals surface area (Å²) in [5.41, 5.74) is 16.4. The maximum atomic E-state index is 5.47. The zero-order valence-electron chi connectivity index (χ0n) is 10.1. The molecule has 3 nitrogen and oxygen atoms in total. The van der Waals surface area contributed by atoms with Gasteiger partial charge in [0.05, 0.1) is 6.17 Å². The minimum absolute atomic E-state index is 0.110. The van der Waals surface area contributed by atoms with Crippen LogP contribution in [0.3, 0.4) is 0 Å². The van der Waals surface area contributed by atoms with Crippen molar-refractivity contribution < 1.29 is 0 Å². The maximum absolute atomic E-state index is 5.47. The Morgan fingerprint density at radius 3 is 1.40 bits per heavy atom. The Morgan fingerprint density at radius 1 is 0.600 bits per heavy atom. The van der Waals surface area contributed by atoms with Gasteiger partial charge in [0.25, 0.3) is 0 Å². The first-order valence-electron chi connectivity index (χ1n) is 6.48. The van der Waals surface area contributed by atoms with Gasteiger partial charge in [0.1, 0.15) is 0 Å². The Labute approximate surface area is 94.8 Å². The van der Waals surface area contributed by atoms with E-state index in [-0.39, 0.29) is 6.17 Å². The summed E-state index contributed by atoms with van der Waals surface area (Å²) in [7, 11) is 0. The van der Waals surface area contributed by atoms with E-state index in [9.17, 15) is 0 Å². The van der Waals surface area contributed by atoms with Crippen LogP contribution in [0, 0.1) is 0 Å². The van der Waals surface area contributed by atoms with Crippen molar-refractivity contribution in [2.75, 3.05) is 6.54 Å². The molecule has 6 N–H and O–H groups in total. The Morgan fingerprint density at radius 2 is 1.00 bits per heavy atom. The molecule has 0 rings (SSSR count). The molecule has 0 amide bonds. The first-order valence-corrected chi connectivity index (χ1v) is 6.48. The van der Waals surface area contributed by atoms with Crippen molar-refractivity contribution in [1.29, 1.82) is 0 Å². The van der Waals surface area contributed by atoms with Crippen molar-refractivity contribution in [2.24, 2.45) is 17.2 Å². The highest BCUT2D eigenvalue weighted by Crippen LogP contribution is 2.10. The lowest BCUT2D eigenvalue weighted by Gasteiger charge is -2.04. The van der Waals surface area contributed by atoms with Crippen LogP contribution in [0.5, 0.6) is 0 Å². The highest BCUT2D eigenvalue weighted by atomic mass is 14.8. The largest absolute Gasteiger partial charge is 0.330 e. The summed E-state index contributed by atoms with van der Waals surface area (Å²) in [5, 5.41) is 0. The predicted octanol–water partition coefficient (Wildman–Crippen LogP) is 2.09. The Balaban J connectivity index is 2.87. The first-order chi connectivity index (χ1) is 7.27. The van der Waals surface area contributed by atoms with Crippen LogP contribution in [-0.4, -0.2) is 12.7 Å². The molecule has 0 aliphatic carbocycles. The van der Waals surface area contributed by atoms with Crippen LogP contribution in [0.2, 0.25) is 0 Å². The average Bonchev–Trinajstić information content (AvgIpc) is 2.20. The topological polar surface area (TPSA) is 78.1 Å². The molecule has 0 aromatic heterocycles. The van der Waals surface area contributed by atoms with Gasteiger partial charge in [0.2, 0.25) is 0 Å². The molecule has 0 unspecified atom stereocenters. The smallest absolute Gasteiger partial charge is 0.0520 e.